The van der Waals surface area contributed by atoms with Crippen LogP contribution in [0, 0.1) is 0 Å². The van der Waals surface area contributed by atoms with Crippen LogP contribution >= 0.6 is 0 Å². The lowest BCUT2D eigenvalue weighted by Gasteiger charge is -2.20. The number of unbranched alkanes of at least 4 members (excludes halogenated alkanes) is 2. The number of nitrogens with zero attached hydrogens (tertiary/aromatic N) is 1. The number of halogens is 3. The van der Waals surface area contributed by atoms with Crippen LogP contribution in [-0.4, -0.2) is 60.9 Å². The Hall–Kier alpha value is -1.35. The molecule has 0 atom stereocenters. The summed E-state index contributed by atoms with van der Waals surface area (Å²) in [5, 5.41) is 12.3. The van der Waals surface area contributed by atoms with E-state index in [2.05, 4.69) is 0 Å². The van der Waals surface area contributed by atoms with Crippen molar-refractivity contribution in [2.45, 2.75) is 32.4 Å². The number of hydrogen-bond donors (Lipinski definition) is 3. The largest absolute Gasteiger partial charge is 0.405 e. The number of amides is 3. The molecule has 0 rings (SSSR count). The first-order valence-electron chi connectivity index (χ1n) is 6.76. The van der Waals surface area contributed by atoms with E-state index in [4.69, 9.17) is 5.11 Å². The zero-order chi connectivity index (χ0) is 16.3. The van der Waals surface area contributed by atoms with Crippen molar-refractivity contribution in [1.82, 2.24) is 15.5 Å². The first-order chi connectivity index (χ1) is 9.78. The summed E-state index contributed by atoms with van der Waals surface area (Å²) in [5.41, 5.74) is 0. The highest BCUT2D eigenvalue weighted by molar-refractivity contribution is 5.95. The first kappa shape index (κ1) is 19.7. The number of urea groups is 1. The molecule has 0 aliphatic rings. The zero-order valence-corrected chi connectivity index (χ0v) is 12.0. The van der Waals surface area contributed by atoms with Crippen LogP contribution in [0.15, 0.2) is 0 Å². The summed E-state index contributed by atoms with van der Waals surface area (Å²) in [6.07, 6.45) is -1.72. The van der Waals surface area contributed by atoms with E-state index in [1.807, 2.05) is 12.2 Å². The fraction of sp³-hybridized carbons (Fsp3) is 0.833. The molecule has 0 aliphatic heterocycles. The normalized spacial score (nSPS) is 11.5. The molecule has 21 heavy (non-hydrogen) atoms. The molecule has 9 heteroatoms. The molecule has 0 aromatic carbocycles. The minimum absolute atomic E-state index is 0.139. The van der Waals surface area contributed by atoms with E-state index in [-0.39, 0.29) is 19.7 Å². The Balaban J connectivity index is 4.08. The standard InChI is InChI=1S/C12H22F3N3O3/c1-2-3-4-5-18(6-7-19)8-10(20)17-11(21)16-9-12(13,14)15/h19H,2-9H2,1H3,(H2,16,17,20,21). The number of imide groups is 1. The molecule has 3 amide bonds. The molecule has 0 spiro atoms. The summed E-state index contributed by atoms with van der Waals surface area (Å²) in [4.78, 5) is 24.2. The molecule has 0 aromatic heterocycles. The second-order valence-corrected chi connectivity index (χ2v) is 4.55. The molecule has 124 valence electrons. The van der Waals surface area contributed by atoms with E-state index in [0.717, 1.165) is 19.3 Å². The van der Waals surface area contributed by atoms with Gasteiger partial charge in [-0.25, -0.2) is 4.79 Å². The van der Waals surface area contributed by atoms with Crippen LogP contribution in [0.25, 0.3) is 0 Å². The molecule has 0 fully saturated rings. The number of rotatable bonds is 9. The van der Waals surface area contributed by atoms with Gasteiger partial charge in [0.15, 0.2) is 0 Å². The maximum atomic E-state index is 11.9. The van der Waals surface area contributed by atoms with Crippen LogP contribution in [0.2, 0.25) is 0 Å². The third-order valence-electron chi connectivity index (χ3n) is 2.56. The summed E-state index contributed by atoms with van der Waals surface area (Å²) < 4.78 is 35.6. The third-order valence-corrected chi connectivity index (χ3v) is 2.56. The Morgan fingerprint density at radius 1 is 1.19 bits per heavy atom. The van der Waals surface area contributed by atoms with Gasteiger partial charge in [-0.15, -0.1) is 0 Å². The quantitative estimate of drug-likeness (QED) is 0.552. The monoisotopic (exact) mass is 313 g/mol. The maximum absolute atomic E-state index is 11.9. The predicted molar refractivity (Wildman–Crippen MR) is 70.6 cm³/mol. The van der Waals surface area contributed by atoms with Crippen LogP contribution in [0.4, 0.5) is 18.0 Å². The molecule has 6 nitrogen and oxygen atoms in total. The van der Waals surface area contributed by atoms with Crippen molar-refractivity contribution >= 4 is 11.9 Å². The van der Waals surface area contributed by atoms with Crippen molar-refractivity contribution in [2.24, 2.45) is 0 Å². The lowest BCUT2D eigenvalue weighted by molar-refractivity contribution is -0.125. The van der Waals surface area contributed by atoms with Gasteiger partial charge < -0.3 is 10.4 Å². The number of aliphatic hydroxyl groups is 1. The minimum atomic E-state index is -4.52. The van der Waals surface area contributed by atoms with E-state index in [0.29, 0.717) is 6.54 Å². The summed E-state index contributed by atoms with van der Waals surface area (Å²) in [6, 6.07) is -1.19. The first-order valence-corrected chi connectivity index (χ1v) is 6.76. The average Bonchev–Trinajstić information content (AvgIpc) is 2.36. The minimum Gasteiger partial charge on any atom is -0.395 e. The van der Waals surface area contributed by atoms with Gasteiger partial charge in [0.2, 0.25) is 5.91 Å². The second kappa shape index (κ2) is 10.4. The Bertz CT molecular complexity index is 325. The van der Waals surface area contributed by atoms with Crippen LogP contribution < -0.4 is 10.6 Å². The molecule has 3 N–H and O–H groups in total. The van der Waals surface area contributed by atoms with Crippen molar-refractivity contribution in [3.63, 3.8) is 0 Å². The molecule has 0 aromatic rings. The second-order valence-electron chi connectivity index (χ2n) is 4.55. The Morgan fingerprint density at radius 2 is 1.86 bits per heavy atom. The number of hydrogen-bond acceptors (Lipinski definition) is 4. The number of carbonyl (C=O) groups excluding carboxylic acids is 2. The summed E-state index contributed by atoms with van der Waals surface area (Å²) in [7, 11) is 0. The van der Waals surface area contributed by atoms with E-state index in [9.17, 15) is 22.8 Å². The van der Waals surface area contributed by atoms with Gasteiger partial charge in [0.25, 0.3) is 0 Å². The average molecular weight is 313 g/mol. The Kier molecular flexibility index (Phi) is 9.72. The van der Waals surface area contributed by atoms with Crippen molar-refractivity contribution in [1.29, 1.82) is 0 Å². The fourth-order valence-electron chi connectivity index (χ4n) is 1.59. The number of carbonyl (C=O) groups is 2. The molecule has 0 radical (unpaired) electrons. The zero-order valence-electron chi connectivity index (χ0n) is 12.0. The summed E-state index contributed by atoms with van der Waals surface area (Å²) >= 11 is 0. The smallest absolute Gasteiger partial charge is 0.395 e. The van der Waals surface area contributed by atoms with Crippen LogP contribution in [0.3, 0.4) is 0 Å². The van der Waals surface area contributed by atoms with Crippen LogP contribution in [-0.2, 0) is 4.79 Å². The molecular formula is C12H22F3N3O3. The topological polar surface area (TPSA) is 81.7 Å². The molecule has 0 heterocycles. The molecule has 0 unspecified atom stereocenters. The van der Waals surface area contributed by atoms with E-state index >= 15 is 0 Å². The van der Waals surface area contributed by atoms with Gasteiger partial charge in [-0.2, -0.15) is 13.2 Å². The van der Waals surface area contributed by atoms with Crippen LogP contribution in [0.5, 0.6) is 0 Å². The lowest BCUT2D eigenvalue weighted by atomic mass is 10.2. The lowest BCUT2D eigenvalue weighted by Crippen LogP contribution is -2.47. The number of alkyl halides is 3. The Morgan fingerprint density at radius 3 is 2.38 bits per heavy atom. The molecule has 0 bridgehead atoms. The highest BCUT2D eigenvalue weighted by Gasteiger charge is 2.28. The van der Waals surface area contributed by atoms with Gasteiger partial charge in [0.05, 0.1) is 13.2 Å². The molecule has 0 saturated heterocycles. The third kappa shape index (κ3) is 12.1. The maximum Gasteiger partial charge on any atom is 0.405 e. The highest BCUT2D eigenvalue weighted by Crippen LogP contribution is 2.11. The van der Waals surface area contributed by atoms with Crippen molar-refractivity contribution in [2.75, 3.05) is 32.8 Å². The van der Waals surface area contributed by atoms with Crippen molar-refractivity contribution in [3.8, 4) is 0 Å². The van der Waals surface area contributed by atoms with Crippen molar-refractivity contribution in [3.05, 3.63) is 0 Å². The molecule has 0 saturated carbocycles. The fourth-order valence-corrected chi connectivity index (χ4v) is 1.59. The van der Waals surface area contributed by atoms with Gasteiger partial charge >= 0.3 is 12.2 Å². The van der Waals surface area contributed by atoms with Gasteiger partial charge in [-0.05, 0) is 13.0 Å². The predicted octanol–water partition coefficient (Wildman–Crippen LogP) is 0.859. The van der Waals surface area contributed by atoms with Gasteiger partial charge in [-0.3, -0.25) is 15.0 Å². The van der Waals surface area contributed by atoms with Crippen molar-refractivity contribution < 1.29 is 27.9 Å². The molecule has 0 aliphatic carbocycles. The Labute approximate surface area is 121 Å². The van der Waals surface area contributed by atoms with Gasteiger partial charge in [0.1, 0.15) is 6.54 Å². The van der Waals surface area contributed by atoms with Gasteiger partial charge in [-0.1, -0.05) is 19.8 Å². The number of aliphatic hydroxyl groups excluding tert-OH is 1. The molecular weight excluding hydrogens is 291 g/mol. The van der Waals surface area contributed by atoms with E-state index in [1.165, 1.54) is 0 Å². The van der Waals surface area contributed by atoms with Gasteiger partial charge in [0, 0.05) is 6.54 Å². The highest BCUT2D eigenvalue weighted by atomic mass is 19.4. The summed E-state index contributed by atoms with van der Waals surface area (Å²) in [6.45, 7) is 1.08. The number of nitrogens with one attached hydrogen (secondary N) is 2. The summed E-state index contributed by atoms with van der Waals surface area (Å²) in [5.74, 6) is -0.709. The van der Waals surface area contributed by atoms with E-state index in [1.54, 1.807) is 10.2 Å². The SMILES string of the molecule is CCCCCN(CCO)CC(=O)NC(=O)NCC(F)(F)F. The van der Waals surface area contributed by atoms with Crippen LogP contribution in [0.1, 0.15) is 26.2 Å². The van der Waals surface area contributed by atoms with E-state index < -0.39 is 24.7 Å².